The molecule has 5 nitrogen and oxygen atoms in total. The number of nitrogens with zero attached hydrogens (tertiary/aromatic N) is 2. The molecule has 2 heterocycles. The number of carboxylic acids is 1. The summed E-state index contributed by atoms with van der Waals surface area (Å²) in [4.78, 5) is 15.6. The molecule has 1 aliphatic carbocycles. The van der Waals surface area contributed by atoms with Gasteiger partial charge in [-0.25, -0.2) is 4.79 Å². The first kappa shape index (κ1) is 12.7. The average molecular weight is 264 g/mol. The second-order valence-corrected chi connectivity index (χ2v) is 5.59. The van der Waals surface area contributed by atoms with Gasteiger partial charge < -0.3 is 14.4 Å². The molecule has 1 N–H and O–H groups in total. The molecule has 2 fully saturated rings. The highest BCUT2D eigenvalue weighted by molar-refractivity contribution is 5.84. The van der Waals surface area contributed by atoms with Gasteiger partial charge in [0.25, 0.3) is 0 Å². The molecule has 0 unspecified atom stereocenters. The van der Waals surface area contributed by atoms with Crippen molar-refractivity contribution in [1.82, 2.24) is 9.80 Å². The van der Waals surface area contributed by atoms with Crippen LogP contribution >= 0.6 is 0 Å². The molecule has 0 amide bonds. The Bertz CT molecular complexity index is 445. The van der Waals surface area contributed by atoms with Crippen molar-refractivity contribution < 1.29 is 14.3 Å². The van der Waals surface area contributed by atoms with E-state index in [1.807, 2.05) is 0 Å². The average Bonchev–Trinajstić information content (AvgIpc) is 3.08. The Morgan fingerprint density at radius 1 is 1.21 bits per heavy atom. The lowest BCUT2D eigenvalue weighted by Gasteiger charge is -2.34. The van der Waals surface area contributed by atoms with Crippen LogP contribution < -0.4 is 0 Å². The van der Waals surface area contributed by atoms with Crippen molar-refractivity contribution in [3.05, 3.63) is 23.7 Å². The normalized spacial score (nSPS) is 21.7. The highest BCUT2D eigenvalue weighted by atomic mass is 16.4. The number of furan rings is 1. The van der Waals surface area contributed by atoms with E-state index >= 15 is 0 Å². The zero-order chi connectivity index (χ0) is 13.2. The lowest BCUT2D eigenvalue weighted by Crippen LogP contribution is -2.46. The molecule has 104 valence electrons. The Kier molecular flexibility index (Phi) is 3.57. The zero-order valence-corrected chi connectivity index (χ0v) is 11.0. The Hall–Kier alpha value is -1.33. The smallest absolute Gasteiger partial charge is 0.371 e. The minimum absolute atomic E-state index is 0.0300. The Morgan fingerprint density at radius 2 is 1.89 bits per heavy atom. The van der Waals surface area contributed by atoms with E-state index in [-0.39, 0.29) is 5.76 Å². The van der Waals surface area contributed by atoms with E-state index < -0.39 is 5.97 Å². The molecule has 0 spiro atoms. The summed E-state index contributed by atoms with van der Waals surface area (Å²) in [6, 6.07) is 3.29. The van der Waals surface area contributed by atoms with Crippen LogP contribution in [0.2, 0.25) is 0 Å². The van der Waals surface area contributed by atoms with Crippen LogP contribution in [0.5, 0.6) is 0 Å². The quantitative estimate of drug-likeness (QED) is 0.873. The molecule has 0 radical (unpaired) electrons. The molecule has 2 aliphatic rings. The maximum Gasteiger partial charge on any atom is 0.371 e. The summed E-state index contributed by atoms with van der Waals surface area (Å²) in [5.41, 5.74) is 0. The molecule has 0 aromatic carbocycles. The van der Waals surface area contributed by atoms with E-state index in [0.29, 0.717) is 6.54 Å². The summed E-state index contributed by atoms with van der Waals surface area (Å²) in [6.07, 6.45) is 2.81. The Morgan fingerprint density at radius 3 is 2.47 bits per heavy atom. The number of rotatable bonds is 5. The third kappa shape index (κ3) is 3.36. The lowest BCUT2D eigenvalue weighted by atomic mass is 10.2. The van der Waals surface area contributed by atoms with Gasteiger partial charge in [-0.2, -0.15) is 0 Å². The summed E-state index contributed by atoms with van der Waals surface area (Å²) in [6.45, 7) is 6.28. The minimum atomic E-state index is -1.000. The van der Waals surface area contributed by atoms with Gasteiger partial charge in [-0.15, -0.1) is 0 Å². The second kappa shape index (κ2) is 5.35. The molecule has 1 saturated carbocycles. The fraction of sp³-hybridized carbons (Fsp3) is 0.643. The van der Waals surface area contributed by atoms with Gasteiger partial charge in [0, 0.05) is 32.7 Å². The highest BCUT2D eigenvalue weighted by Gasteiger charge is 2.26. The molecule has 1 aromatic heterocycles. The third-order valence-electron chi connectivity index (χ3n) is 3.93. The first-order valence-corrected chi connectivity index (χ1v) is 6.97. The van der Waals surface area contributed by atoms with Crippen LogP contribution in [0.1, 0.15) is 29.2 Å². The predicted octanol–water partition coefficient (Wildman–Crippen LogP) is 1.51. The fourth-order valence-electron chi connectivity index (χ4n) is 2.59. The summed E-state index contributed by atoms with van der Waals surface area (Å²) in [5, 5.41) is 8.81. The molecule has 1 aromatic rings. The van der Waals surface area contributed by atoms with Crippen molar-refractivity contribution in [3.8, 4) is 0 Å². The van der Waals surface area contributed by atoms with Crippen LogP contribution in [0, 0.1) is 5.92 Å². The van der Waals surface area contributed by atoms with Gasteiger partial charge in [-0.05, 0) is 30.9 Å². The SMILES string of the molecule is O=C(O)c1ccc(CN2CCN(CC3CC3)CC2)o1. The van der Waals surface area contributed by atoms with Crippen molar-refractivity contribution in [2.45, 2.75) is 19.4 Å². The zero-order valence-electron chi connectivity index (χ0n) is 11.0. The predicted molar refractivity (Wildman–Crippen MR) is 70.1 cm³/mol. The second-order valence-electron chi connectivity index (χ2n) is 5.59. The third-order valence-corrected chi connectivity index (χ3v) is 3.93. The molecule has 0 atom stereocenters. The number of piperazine rings is 1. The van der Waals surface area contributed by atoms with E-state index in [0.717, 1.165) is 37.9 Å². The Labute approximate surface area is 112 Å². The van der Waals surface area contributed by atoms with Crippen LogP contribution in [0.25, 0.3) is 0 Å². The first-order chi connectivity index (χ1) is 9.20. The largest absolute Gasteiger partial charge is 0.475 e. The molecule has 1 aliphatic heterocycles. The topological polar surface area (TPSA) is 56.9 Å². The number of carbonyl (C=O) groups is 1. The molecule has 19 heavy (non-hydrogen) atoms. The van der Waals surface area contributed by atoms with E-state index in [2.05, 4.69) is 9.80 Å². The van der Waals surface area contributed by atoms with Crippen LogP contribution in [0.4, 0.5) is 0 Å². The van der Waals surface area contributed by atoms with Crippen molar-refractivity contribution >= 4 is 5.97 Å². The monoisotopic (exact) mass is 264 g/mol. The van der Waals surface area contributed by atoms with Crippen LogP contribution in [0.3, 0.4) is 0 Å². The number of aromatic carboxylic acids is 1. The van der Waals surface area contributed by atoms with Crippen LogP contribution in [0.15, 0.2) is 16.5 Å². The van der Waals surface area contributed by atoms with Gasteiger partial charge in [0.05, 0.1) is 6.54 Å². The Balaban J connectivity index is 1.46. The van der Waals surface area contributed by atoms with E-state index in [9.17, 15) is 4.79 Å². The molecular weight excluding hydrogens is 244 g/mol. The van der Waals surface area contributed by atoms with Crippen molar-refractivity contribution in [2.24, 2.45) is 5.92 Å². The van der Waals surface area contributed by atoms with Gasteiger partial charge in [0.2, 0.25) is 5.76 Å². The maximum atomic E-state index is 10.7. The van der Waals surface area contributed by atoms with Gasteiger partial charge in [0.1, 0.15) is 5.76 Å². The van der Waals surface area contributed by atoms with E-state index in [4.69, 9.17) is 9.52 Å². The molecular formula is C14H20N2O3. The standard InChI is InChI=1S/C14H20N2O3/c17-14(18)13-4-3-12(19-13)10-16-7-5-15(6-8-16)9-11-1-2-11/h3-4,11H,1-2,5-10H2,(H,17,18). The summed E-state index contributed by atoms with van der Waals surface area (Å²) in [5.74, 6) is 0.727. The minimum Gasteiger partial charge on any atom is -0.475 e. The van der Waals surface area contributed by atoms with Gasteiger partial charge in [0.15, 0.2) is 0 Å². The maximum absolute atomic E-state index is 10.7. The first-order valence-electron chi connectivity index (χ1n) is 6.97. The summed E-state index contributed by atoms with van der Waals surface area (Å²) < 4.78 is 5.29. The van der Waals surface area contributed by atoms with Gasteiger partial charge >= 0.3 is 5.97 Å². The molecule has 5 heteroatoms. The van der Waals surface area contributed by atoms with Crippen molar-refractivity contribution in [2.75, 3.05) is 32.7 Å². The van der Waals surface area contributed by atoms with Crippen molar-refractivity contribution in [3.63, 3.8) is 0 Å². The molecule has 0 bridgehead atoms. The molecule has 1 saturated heterocycles. The van der Waals surface area contributed by atoms with Gasteiger partial charge in [-0.3, -0.25) is 4.90 Å². The van der Waals surface area contributed by atoms with E-state index in [1.54, 1.807) is 6.07 Å². The van der Waals surface area contributed by atoms with Crippen molar-refractivity contribution in [1.29, 1.82) is 0 Å². The summed E-state index contributed by atoms with van der Waals surface area (Å²) in [7, 11) is 0. The number of hydrogen-bond donors (Lipinski definition) is 1. The lowest BCUT2D eigenvalue weighted by molar-refractivity contribution is 0.0655. The van der Waals surface area contributed by atoms with E-state index in [1.165, 1.54) is 25.5 Å². The summed E-state index contributed by atoms with van der Waals surface area (Å²) >= 11 is 0. The van der Waals surface area contributed by atoms with Crippen LogP contribution in [-0.2, 0) is 6.54 Å². The highest BCUT2D eigenvalue weighted by Crippen LogP contribution is 2.30. The fourth-order valence-corrected chi connectivity index (χ4v) is 2.59. The number of carboxylic acid groups (broad SMARTS) is 1. The van der Waals surface area contributed by atoms with Gasteiger partial charge in [-0.1, -0.05) is 0 Å². The van der Waals surface area contributed by atoms with Crippen LogP contribution in [-0.4, -0.2) is 53.6 Å². The number of hydrogen-bond acceptors (Lipinski definition) is 4. The molecule has 3 rings (SSSR count).